The molecule has 1 aromatic carbocycles. The molecule has 0 aliphatic carbocycles. The number of anilines is 1. The van der Waals surface area contributed by atoms with E-state index in [0.717, 1.165) is 48.4 Å². The van der Waals surface area contributed by atoms with Gasteiger partial charge in [0.2, 0.25) is 5.91 Å². The SMILES string of the molecule is Cc1cc2c(NCCC(=O)N3CCC(Cc4ccccc4)CC3)ncnc2s1. The molecular weight excluding hydrogens is 368 g/mol. The van der Waals surface area contributed by atoms with Gasteiger partial charge in [0.15, 0.2) is 0 Å². The van der Waals surface area contributed by atoms with Gasteiger partial charge >= 0.3 is 0 Å². The van der Waals surface area contributed by atoms with Crippen LogP contribution in [0.2, 0.25) is 0 Å². The summed E-state index contributed by atoms with van der Waals surface area (Å²) in [4.78, 5) is 25.4. The smallest absolute Gasteiger partial charge is 0.224 e. The van der Waals surface area contributed by atoms with E-state index in [9.17, 15) is 4.79 Å². The maximum absolute atomic E-state index is 12.6. The van der Waals surface area contributed by atoms with E-state index in [1.54, 1.807) is 17.7 Å². The molecule has 28 heavy (non-hydrogen) atoms. The molecule has 0 saturated carbocycles. The Morgan fingerprint density at radius 1 is 1.21 bits per heavy atom. The zero-order valence-corrected chi connectivity index (χ0v) is 17.0. The van der Waals surface area contributed by atoms with Crippen LogP contribution in [0.1, 0.15) is 29.7 Å². The van der Waals surface area contributed by atoms with E-state index in [0.29, 0.717) is 18.9 Å². The molecule has 1 aliphatic rings. The van der Waals surface area contributed by atoms with Gasteiger partial charge in [-0.25, -0.2) is 9.97 Å². The average Bonchev–Trinajstić information content (AvgIpc) is 3.10. The first kappa shape index (κ1) is 18.9. The zero-order chi connectivity index (χ0) is 19.3. The molecule has 3 heterocycles. The first-order chi connectivity index (χ1) is 13.7. The fourth-order valence-corrected chi connectivity index (χ4v) is 4.74. The summed E-state index contributed by atoms with van der Waals surface area (Å²) < 4.78 is 0. The fraction of sp³-hybridized carbons (Fsp3) is 0.409. The van der Waals surface area contributed by atoms with Gasteiger partial charge in [-0.1, -0.05) is 30.3 Å². The second kappa shape index (κ2) is 8.69. The zero-order valence-electron chi connectivity index (χ0n) is 16.2. The topological polar surface area (TPSA) is 58.1 Å². The van der Waals surface area contributed by atoms with Crippen LogP contribution in [0, 0.1) is 12.8 Å². The molecule has 3 aromatic rings. The second-order valence-corrected chi connectivity index (χ2v) is 8.72. The Balaban J connectivity index is 1.23. The average molecular weight is 395 g/mol. The summed E-state index contributed by atoms with van der Waals surface area (Å²) in [5.41, 5.74) is 1.40. The number of aromatic nitrogens is 2. The molecule has 6 heteroatoms. The monoisotopic (exact) mass is 394 g/mol. The lowest BCUT2D eigenvalue weighted by molar-refractivity contribution is -0.132. The molecule has 0 atom stereocenters. The Labute approximate surface area is 169 Å². The van der Waals surface area contributed by atoms with Gasteiger partial charge in [-0.2, -0.15) is 0 Å². The number of benzene rings is 1. The van der Waals surface area contributed by atoms with Gasteiger partial charge in [-0.3, -0.25) is 4.79 Å². The molecule has 5 nitrogen and oxygen atoms in total. The first-order valence-corrected chi connectivity index (χ1v) is 10.8. The summed E-state index contributed by atoms with van der Waals surface area (Å²) in [5, 5.41) is 4.36. The maximum Gasteiger partial charge on any atom is 0.224 e. The molecule has 0 spiro atoms. The van der Waals surface area contributed by atoms with Crippen LogP contribution in [0.15, 0.2) is 42.7 Å². The fourth-order valence-electron chi connectivity index (χ4n) is 3.90. The third-order valence-electron chi connectivity index (χ3n) is 5.42. The summed E-state index contributed by atoms with van der Waals surface area (Å²) in [7, 11) is 0. The summed E-state index contributed by atoms with van der Waals surface area (Å²) >= 11 is 1.66. The number of likely N-dealkylation sites (tertiary alicyclic amines) is 1. The first-order valence-electron chi connectivity index (χ1n) is 9.96. The van der Waals surface area contributed by atoms with Crippen molar-refractivity contribution in [3.63, 3.8) is 0 Å². The molecule has 146 valence electrons. The Hall–Kier alpha value is -2.47. The Kier molecular flexibility index (Phi) is 5.86. The summed E-state index contributed by atoms with van der Waals surface area (Å²) in [6.07, 6.45) is 5.38. The lowest BCUT2D eigenvalue weighted by Crippen LogP contribution is -2.39. The van der Waals surface area contributed by atoms with Gasteiger partial charge in [0, 0.05) is 30.9 Å². The third kappa shape index (κ3) is 4.50. The number of piperidine rings is 1. The van der Waals surface area contributed by atoms with E-state index in [4.69, 9.17) is 0 Å². The van der Waals surface area contributed by atoms with Gasteiger partial charge in [0.05, 0.1) is 5.39 Å². The van der Waals surface area contributed by atoms with Crippen molar-refractivity contribution in [2.75, 3.05) is 25.0 Å². The lowest BCUT2D eigenvalue weighted by atomic mass is 9.90. The summed E-state index contributed by atoms with van der Waals surface area (Å²) in [6, 6.07) is 12.8. The van der Waals surface area contributed by atoms with E-state index in [1.165, 1.54) is 10.4 Å². The third-order valence-corrected chi connectivity index (χ3v) is 6.38. The van der Waals surface area contributed by atoms with Crippen molar-refractivity contribution >= 4 is 33.3 Å². The van der Waals surface area contributed by atoms with Crippen molar-refractivity contribution in [2.24, 2.45) is 5.92 Å². The quantitative estimate of drug-likeness (QED) is 0.678. The molecule has 1 N–H and O–H groups in total. The van der Waals surface area contributed by atoms with Crippen molar-refractivity contribution < 1.29 is 4.79 Å². The van der Waals surface area contributed by atoms with Crippen molar-refractivity contribution in [3.05, 3.63) is 53.2 Å². The van der Waals surface area contributed by atoms with Crippen LogP contribution in [-0.4, -0.2) is 40.4 Å². The molecule has 1 fully saturated rings. The predicted molar refractivity (Wildman–Crippen MR) is 115 cm³/mol. The highest BCUT2D eigenvalue weighted by Gasteiger charge is 2.22. The van der Waals surface area contributed by atoms with Crippen molar-refractivity contribution in [1.29, 1.82) is 0 Å². The highest BCUT2D eigenvalue weighted by atomic mass is 32.1. The number of amides is 1. The van der Waals surface area contributed by atoms with Gasteiger partial charge < -0.3 is 10.2 Å². The Morgan fingerprint density at radius 2 is 2.00 bits per heavy atom. The van der Waals surface area contributed by atoms with Gasteiger partial charge in [0.25, 0.3) is 0 Å². The molecule has 0 unspecified atom stereocenters. The lowest BCUT2D eigenvalue weighted by Gasteiger charge is -2.32. The minimum atomic E-state index is 0.234. The van der Waals surface area contributed by atoms with Crippen LogP contribution in [0.25, 0.3) is 10.2 Å². The molecule has 0 radical (unpaired) electrons. The van der Waals surface area contributed by atoms with Crippen LogP contribution in [0.5, 0.6) is 0 Å². The normalized spacial score (nSPS) is 15.1. The molecule has 1 saturated heterocycles. The van der Waals surface area contributed by atoms with Gasteiger partial charge in [-0.05, 0) is 43.7 Å². The Morgan fingerprint density at radius 3 is 2.79 bits per heavy atom. The number of fused-ring (bicyclic) bond motifs is 1. The van der Waals surface area contributed by atoms with Crippen LogP contribution >= 0.6 is 11.3 Å². The van der Waals surface area contributed by atoms with E-state index in [1.807, 2.05) is 4.90 Å². The molecule has 1 amide bonds. The molecular formula is C22H26N4OS. The van der Waals surface area contributed by atoms with E-state index < -0.39 is 0 Å². The van der Waals surface area contributed by atoms with Gasteiger partial charge in [0.1, 0.15) is 17.0 Å². The molecule has 1 aliphatic heterocycles. The number of nitrogens with zero attached hydrogens (tertiary/aromatic N) is 3. The number of thiophene rings is 1. The Bertz CT molecular complexity index is 932. The van der Waals surface area contributed by atoms with E-state index in [2.05, 4.69) is 58.6 Å². The van der Waals surface area contributed by atoms with Crippen molar-refractivity contribution in [2.45, 2.75) is 32.6 Å². The van der Waals surface area contributed by atoms with Crippen LogP contribution in [0.3, 0.4) is 0 Å². The molecule has 4 rings (SSSR count). The standard InChI is InChI=1S/C22H26N4OS/c1-16-13-19-21(24-15-25-22(19)28-16)23-10-7-20(27)26-11-8-18(9-12-26)14-17-5-3-2-4-6-17/h2-6,13,15,18H,7-12,14H2,1H3,(H,23,24,25). The number of carbonyl (C=O) groups excluding carboxylic acids is 1. The van der Waals surface area contributed by atoms with Crippen LogP contribution in [0.4, 0.5) is 5.82 Å². The van der Waals surface area contributed by atoms with Crippen molar-refractivity contribution in [3.8, 4) is 0 Å². The van der Waals surface area contributed by atoms with Crippen LogP contribution in [-0.2, 0) is 11.2 Å². The highest BCUT2D eigenvalue weighted by molar-refractivity contribution is 7.18. The van der Waals surface area contributed by atoms with Gasteiger partial charge in [-0.15, -0.1) is 11.3 Å². The molecule has 2 aromatic heterocycles. The number of hydrogen-bond acceptors (Lipinski definition) is 5. The number of nitrogens with one attached hydrogen (secondary N) is 1. The number of hydrogen-bond donors (Lipinski definition) is 1. The summed E-state index contributed by atoms with van der Waals surface area (Å²) in [6.45, 7) is 4.42. The summed E-state index contributed by atoms with van der Waals surface area (Å²) in [5.74, 6) is 1.74. The minimum absolute atomic E-state index is 0.234. The largest absolute Gasteiger partial charge is 0.369 e. The predicted octanol–water partition coefficient (Wildman–Crippen LogP) is 4.28. The maximum atomic E-state index is 12.6. The van der Waals surface area contributed by atoms with E-state index in [-0.39, 0.29) is 5.91 Å². The van der Waals surface area contributed by atoms with E-state index >= 15 is 0 Å². The number of rotatable bonds is 6. The highest BCUT2D eigenvalue weighted by Crippen LogP contribution is 2.27. The minimum Gasteiger partial charge on any atom is -0.369 e. The number of carbonyl (C=O) groups is 1. The molecule has 0 bridgehead atoms. The second-order valence-electron chi connectivity index (χ2n) is 7.49. The van der Waals surface area contributed by atoms with Crippen LogP contribution < -0.4 is 5.32 Å². The van der Waals surface area contributed by atoms with Crippen molar-refractivity contribution in [1.82, 2.24) is 14.9 Å². The number of aryl methyl sites for hydroxylation is 1.